The van der Waals surface area contributed by atoms with Crippen molar-refractivity contribution < 1.29 is 4.79 Å². The molecular formula is C20H25N3O. The van der Waals surface area contributed by atoms with Crippen molar-refractivity contribution in [1.82, 2.24) is 15.5 Å². The summed E-state index contributed by atoms with van der Waals surface area (Å²) in [5.74, 6) is 0. The SMILES string of the molecule is CN(C)Cc1ccc(-c2ccccc2CNC(=O)NC2CC2)cc1. The second-order valence-electron chi connectivity index (χ2n) is 6.69. The maximum atomic E-state index is 11.8. The highest BCUT2D eigenvalue weighted by atomic mass is 16.2. The van der Waals surface area contributed by atoms with Crippen LogP contribution in [0.2, 0.25) is 0 Å². The summed E-state index contributed by atoms with van der Waals surface area (Å²) in [6.45, 7) is 1.47. The second-order valence-corrected chi connectivity index (χ2v) is 6.69. The van der Waals surface area contributed by atoms with Gasteiger partial charge in [0, 0.05) is 19.1 Å². The van der Waals surface area contributed by atoms with Gasteiger partial charge in [-0.2, -0.15) is 0 Å². The van der Waals surface area contributed by atoms with Crippen molar-refractivity contribution in [3.63, 3.8) is 0 Å². The molecule has 24 heavy (non-hydrogen) atoms. The Morgan fingerprint density at radius 1 is 1.08 bits per heavy atom. The topological polar surface area (TPSA) is 44.4 Å². The quantitative estimate of drug-likeness (QED) is 0.856. The van der Waals surface area contributed by atoms with Gasteiger partial charge in [0.2, 0.25) is 0 Å². The Balaban J connectivity index is 1.69. The fourth-order valence-corrected chi connectivity index (χ4v) is 2.75. The monoisotopic (exact) mass is 323 g/mol. The molecule has 0 spiro atoms. The minimum Gasteiger partial charge on any atom is -0.335 e. The van der Waals surface area contributed by atoms with Crippen LogP contribution in [0, 0.1) is 0 Å². The first kappa shape index (κ1) is 16.5. The second kappa shape index (κ2) is 7.49. The molecule has 0 bridgehead atoms. The van der Waals surface area contributed by atoms with Crippen molar-refractivity contribution >= 4 is 6.03 Å². The van der Waals surface area contributed by atoms with E-state index in [4.69, 9.17) is 0 Å². The Bertz CT molecular complexity index is 690. The van der Waals surface area contributed by atoms with E-state index in [1.54, 1.807) is 0 Å². The Morgan fingerprint density at radius 3 is 2.46 bits per heavy atom. The number of benzene rings is 2. The number of nitrogens with zero attached hydrogens (tertiary/aromatic N) is 1. The summed E-state index contributed by atoms with van der Waals surface area (Å²) in [6, 6.07) is 17.2. The summed E-state index contributed by atoms with van der Waals surface area (Å²) in [5.41, 5.74) is 4.77. The number of hydrogen-bond acceptors (Lipinski definition) is 2. The Hall–Kier alpha value is -2.33. The van der Waals surface area contributed by atoms with Crippen molar-refractivity contribution in [2.45, 2.75) is 32.0 Å². The lowest BCUT2D eigenvalue weighted by molar-refractivity contribution is 0.240. The molecule has 0 atom stereocenters. The molecule has 1 saturated carbocycles. The van der Waals surface area contributed by atoms with Gasteiger partial charge in [-0.1, -0.05) is 48.5 Å². The van der Waals surface area contributed by atoms with Crippen LogP contribution in [0.15, 0.2) is 48.5 Å². The fraction of sp³-hybridized carbons (Fsp3) is 0.350. The average molecular weight is 323 g/mol. The summed E-state index contributed by atoms with van der Waals surface area (Å²) in [6.07, 6.45) is 2.20. The summed E-state index contributed by atoms with van der Waals surface area (Å²) >= 11 is 0. The molecule has 0 radical (unpaired) electrons. The zero-order valence-corrected chi connectivity index (χ0v) is 14.4. The summed E-state index contributed by atoms with van der Waals surface area (Å²) < 4.78 is 0. The number of rotatable bonds is 6. The fourth-order valence-electron chi connectivity index (χ4n) is 2.75. The van der Waals surface area contributed by atoms with Gasteiger partial charge in [-0.05, 0) is 49.2 Å². The van der Waals surface area contributed by atoms with Crippen LogP contribution in [-0.4, -0.2) is 31.1 Å². The third kappa shape index (κ3) is 4.59. The highest BCUT2D eigenvalue weighted by molar-refractivity contribution is 5.75. The minimum atomic E-state index is -0.0753. The van der Waals surface area contributed by atoms with E-state index in [0.717, 1.165) is 24.9 Å². The largest absolute Gasteiger partial charge is 0.335 e. The zero-order chi connectivity index (χ0) is 16.9. The van der Waals surface area contributed by atoms with Crippen molar-refractivity contribution in [1.29, 1.82) is 0 Å². The van der Waals surface area contributed by atoms with E-state index in [1.165, 1.54) is 16.7 Å². The molecule has 4 nitrogen and oxygen atoms in total. The molecular weight excluding hydrogens is 298 g/mol. The van der Waals surface area contributed by atoms with Gasteiger partial charge in [0.05, 0.1) is 0 Å². The van der Waals surface area contributed by atoms with E-state index < -0.39 is 0 Å². The minimum absolute atomic E-state index is 0.0753. The summed E-state index contributed by atoms with van der Waals surface area (Å²) in [5, 5.41) is 5.92. The lowest BCUT2D eigenvalue weighted by Gasteiger charge is -2.13. The van der Waals surface area contributed by atoms with Gasteiger partial charge in [-0.25, -0.2) is 4.79 Å². The highest BCUT2D eigenvalue weighted by Crippen LogP contribution is 2.24. The molecule has 2 N–H and O–H groups in total. The molecule has 2 amide bonds. The van der Waals surface area contributed by atoms with Crippen LogP contribution < -0.4 is 10.6 Å². The van der Waals surface area contributed by atoms with Crippen molar-refractivity contribution in [2.24, 2.45) is 0 Å². The van der Waals surface area contributed by atoms with Crippen molar-refractivity contribution in [3.05, 3.63) is 59.7 Å². The third-order valence-corrected chi connectivity index (χ3v) is 4.13. The number of nitrogens with one attached hydrogen (secondary N) is 2. The summed E-state index contributed by atoms with van der Waals surface area (Å²) in [7, 11) is 4.14. The molecule has 0 saturated heterocycles. The van der Waals surface area contributed by atoms with Crippen LogP contribution in [-0.2, 0) is 13.1 Å². The molecule has 0 aromatic heterocycles. The lowest BCUT2D eigenvalue weighted by Crippen LogP contribution is -2.36. The number of hydrogen-bond donors (Lipinski definition) is 2. The van der Waals surface area contributed by atoms with Gasteiger partial charge in [-0.15, -0.1) is 0 Å². The number of carbonyl (C=O) groups excluding carboxylic acids is 1. The number of carbonyl (C=O) groups is 1. The molecule has 1 aliphatic rings. The average Bonchev–Trinajstić information content (AvgIpc) is 3.37. The Morgan fingerprint density at radius 2 is 1.79 bits per heavy atom. The molecule has 2 aromatic rings. The third-order valence-electron chi connectivity index (χ3n) is 4.13. The predicted molar refractivity (Wildman–Crippen MR) is 97.7 cm³/mol. The van der Waals surface area contributed by atoms with Crippen molar-refractivity contribution in [2.75, 3.05) is 14.1 Å². The van der Waals surface area contributed by atoms with Gasteiger partial charge >= 0.3 is 6.03 Å². The lowest BCUT2D eigenvalue weighted by atomic mass is 9.98. The smallest absolute Gasteiger partial charge is 0.315 e. The molecule has 1 fully saturated rings. The zero-order valence-electron chi connectivity index (χ0n) is 14.4. The maximum Gasteiger partial charge on any atom is 0.315 e. The van der Waals surface area contributed by atoms with Crippen molar-refractivity contribution in [3.8, 4) is 11.1 Å². The number of amides is 2. The molecule has 2 aromatic carbocycles. The molecule has 3 rings (SSSR count). The van der Waals surface area contributed by atoms with E-state index >= 15 is 0 Å². The number of urea groups is 1. The molecule has 126 valence electrons. The van der Waals surface area contributed by atoms with Crippen LogP contribution in [0.1, 0.15) is 24.0 Å². The van der Waals surface area contributed by atoms with Gasteiger partial charge in [0.25, 0.3) is 0 Å². The standard InChI is InChI=1S/C20H25N3O/c1-23(2)14-15-7-9-16(10-8-15)19-6-4-3-5-17(19)13-21-20(24)22-18-11-12-18/h3-10,18H,11-14H2,1-2H3,(H2,21,22,24). The first-order valence-corrected chi connectivity index (χ1v) is 8.48. The maximum absolute atomic E-state index is 11.8. The molecule has 0 unspecified atom stereocenters. The summed E-state index contributed by atoms with van der Waals surface area (Å²) in [4.78, 5) is 14.0. The predicted octanol–water partition coefficient (Wildman–Crippen LogP) is 3.38. The molecule has 4 heteroatoms. The van der Waals surface area contributed by atoms with Crippen LogP contribution in [0.5, 0.6) is 0 Å². The van der Waals surface area contributed by atoms with Crippen LogP contribution in [0.25, 0.3) is 11.1 Å². The van der Waals surface area contributed by atoms with Gasteiger partial charge in [0.1, 0.15) is 0 Å². The van der Waals surface area contributed by atoms with E-state index in [1.807, 2.05) is 12.1 Å². The molecule has 1 aliphatic carbocycles. The Kier molecular flexibility index (Phi) is 5.16. The first-order chi connectivity index (χ1) is 11.6. The van der Waals surface area contributed by atoms with E-state index in [2.05, 4.69) is 66.0 Å². The van der Waals surface area contributed by atoms with E-state index in [9.17, 15) is 4.79 Å². The van der Waals surface area contributed by atoms with Crippen LogP contribution >= 0.6 is 0 Å². The van der Waals surface area contributed by atoms with Gasteiger partial charge in [-0.3, -0.25) is 0 Å². The molecule has 0 heterocycles. The highest BCUT2D eigenvalue weighted by Gasteiger charge is 2.23. The van der Waals surface area contributed by atoms with E-state index in [0.29, 0.717) is 12.6 Å². The Labute approximate surface area is 143 Å². The van der Waals surface area contributed by atoms with Crippen LogP contribution in [0.4, 0.5) is 4.79 Å². The normalized spacial score (nSPS) is 13.8. The van der Waals surface area contributed by atoms with Gasteiger partial charge < -0.3 is 15.5 Å². The van der Waals surface area contributed by atoms with E-state index in [-0.39, 0.29) is 6.03 Å². The van der Waals surface area contributed by atoms with Crippen LogP contribution in [0.3, 0.4) is 0 Å². The van der Waals surface area contributed by atoms with Gasteiger partial charge in [0.15, 0.2) is 0 Å². The molecule has 0 aliphatic heterocycles. The first-order valence-electron chi connectivity index (χ1n) is 8.48.